The molecule has 2 aliphatic rings. The first-order chi connectivity index (χ1) is 10.6. The highest BCUT2D eigenvalue weighted by atomic mass is 32.2. The van der Waals surface area contributed by atoms with Crippen LogP contribution in [-0.2, 0) is 14.3 Å². The lowest BCUT2D eigenvalue weighted by molar-refractivity contribution is 0.162. The quantitative estimate of drug-likeness (QED) is 0.750. The number of rotatable bonds is 4. The molecule has 0 radical (unpaired) electrons. The minimum atomic E-state index is -3.61. The summed E-state index contributed by atoms with van der Waals surface area (Å²) in [7, 11) is -3.61. The maximum atomic E-state index is 12.4. The van der Waals surface area contributed by atoms with Gasteiger partial charge in [-0.05, 0) is 49.3 Å². The topological polar surface area (TPSA) is 43.4 Å². The minimum Gasteiger partial charge on any atom is -0.263 e. The largest absolute Gasteiger partial charge is 0.297 e. The van der Waals surface area contributed by atoms with E-state index in [4.69, 9.17) is 4.18 Å². The summed E-state index contributed by atoms with van der Waals surface area (Å²) in [5.74, 6) is 0.602. The maximum absolute atomic E-state index is 12.4. The molecule has 0 aromatic heterocycles. The van der Waals surface area contributed by atoms with Crippen LogP contribution in [0, 0.1) is 0 Å². The second-order valence-corrected chi connectivity index (χ2v) is 8.29. The molecule has 0 atom stereocenters. The smallest absolute Gasteiger partial charge is 0.263 e. The van der Waals surface area contributed by atoms with Gasteiger partial charge in [-0.25, -0.2) is 0 Å². The molecule has 0 heterocycles. The fourth-order valence-corrected chi connectivity index (χ4v) is 4.87. The minimum absolute atomic E-state index is 0.128. The van der Waals surface area contributed by atoms with Gasteiger partial charge >= 0.3 is 0 Å². The zero-order valence-corrected chi connectivity index (χ0v) is 14.0. The van der Waals surface area contributed by atoms with Gasteiger partial charge in [-0.15, -0.1) is 0 Å². The highest BCUT2D eigenvalue weighted by Crippen LogP contribution is 2.33. The van der Waals surface area contributed by atoms with Crippen molar-refractivity contribution in [2.24, 2.45) is 0 Å². The summed E-state index contributed by atoms with van der Waals surface area (Å²) in [5.41, 5.74) is 1.27. The first-order valence-corrected chi connectivity index (χ1v) is 10.1. The molecule has 0 aliphatic heterocycles. The van der Waals surface area contributed by atoms with Crippen molar-refractivity contribution < 1.29 is 12.6 Å². The van der Waals surface area contributed by atoms with E-state index >= 15 is 0 Å². The third-order valence-corrected chi connectivity index (χ3v) is 6.44. The molecule has 1 aromatic carbocycles. The Morgan fingerprint density at radius 3 is 1.91 bits per heavy atom. The number of hydrogen-bond donors (Lipinski definition) is 0. The van der Waals surface area contributed by atoms with Gasteiger partial charge in [0, 0.05) is 0 Å². The van der Waals surface area contributed by atoms with Crippen molar-refractivity contribution in [2.45, 2.75) is 81.1 Å². The fraction of sp³-hybridized carbons (Fsp3) is 0.667. The second kappa shape index (κ2) is 7.14. The van der Waals surface area contributed by atoms with E-state index < -0.39 is 10.1 Å². The molecule has 3 rings (SSSR count). The average molecular weight is 322 g/mol. The third kappa shape index (κ3) is 3.90. The van der Waals surface area contributed by atoms with Crippen LogP contribution in [0.25, 0.3) is 0 Å². The van der Waals surface area contributed by atoms with E-state index in [1.165, 1.54) is 44.1 Å². The maximum Gasteiger partial charge on any atom is 0.297 e. The van der Waals surface area contributed by atoms with Crippen molar-refractivity contribution in [1.82, 2.24) is 0 Å². The Balaban J connectivity index is 1.68. The highest BCUT2D eigenvalue weighted by Gasteiger charge is 2.24. The molecule has 0 saturated heterocycles. The molecular weight excluding hydrogens is 296 g/mol. The Labute approximate surface area is 134 Å². The zero-order chi connectivity index (χ0) is 15.4. The Bertz CT molecular complexity index is 565. The van der Waals surface area contributed by atoms with Gasteiger partial charge in [0.15, 0.2) is 0 Å². The Hall–Kier alpha value is -0.870. The lowest BCUT2D eigenvalue weighted by Crippen LogP contribution is -2.21. The van der Waals surface area contributed by atoms with E-state index in [9.17, 15) is 8.42 Å². The van der Waals surface area contributed by atoms with Crippen LogP contribution >= 0.6 is 0 Å². The Morgan fingerprint density at radius 2 is 1.32 bits per heavy atom. The highest BCUT2D eigenvalue weighted by molar-refractivity contribution is 7.86. The lowest BCUT2D eigenvalue weighted by atomic mass is 9.84. The molecule has 0 amide bonds. The van der Waals surface area contributed by atoms with Crippen LogP contribution in [0.15, 0.2) is 29.2 Å². The van der Waals surface area contributed by atoms with E-state index in [0.29, 0.717) is 10.8 Å². The van der Waals surface area contributed by atoms with Crippen LogP contribution in [0.2, 0.25) is 0 Å². The Kier molecular flexibility index (Phi) is 5.19. The van der Waals surface area contributed by atoms with Gasteiger partial charge in [-0.1, -0.05) is 50.7 Å². The lowest BCUT2D eigenvalue weighted by Gasteiger charge is -2.23. The second-order valence-electron chi connectivity index (χ2n) is 6.71. The Morgan fingerprint density at radius 1 is 0.773 bits per heavy atom. The molecule has 2 aliphatic carbocycles. The van der Waals surface area contributed by atoms with Gasteiger partial charge in [0.05, 0.1) is 11.0 Å². The van der Waals surface area contributed by atoms with Crippen LogP contribution < -0.4 is 0 Å². The average Bonchev–Trinajstić information content (AvgIpc) is 2.56. The summed E-state index contributed by atoms with van der Waals surface area (Å²) < 4.78 is 30.2. The van der Waals surface area contributed by atoms with Crippen LogP contribution in [0.5, 0.6) is 0 Å². The van der Waals surface area contributed by atoms with E-state index in [-0.39, 0.29) is 6.10 Å². The van der Waals surface area contributed by atoms with Crippen molar-refractivity contribution in [3.05, 3.63) is 29.8 Å². The van der Waals surface area contributed by atoms with Gasteiger partial charge in [0.1, 0.15) is 0 Å². The summed E-state index contributed by atoms with van der Waals surface area (Å²) in [5, 5.41) is 0. The molecule has 22 heavy (non-hydrogen) atoms. The third-order valence-electron chi connectivity index (χ3n) is 5.06. The van der Waals surface area contributed by atoms with Crippen molar-refractivity contribution in [3.63, 3.8) is 0 Å². The van der Waals surface area contributed by atoms with E-state index in [1.807, 2.05) is 12.1 Å². The van der Waals surface area contributed by atoms with E-state index in [0.717, 1.165) is 25.7 Å². The monoisotopic (exact) mass is 322 g/mol. The normalized spacial score (nSPS) is 21.8. The fourth-order valence-electron chi connectivity index (χ4n) is 3.74. The summed E-state index contributed by atoms with van der Waals surface area (Å²) in [6.45, 7) is 0. The molecule has 2 fully saturated rings. The molecular formula is C18H26O3S. The summed E-state index contributed by atoms with van der Waals surface area (Å²) in [6, 6.07) is 7.41. The predicted molar refractivity (Wildman–Crippen MR) is 87.4 cm³/mol. The van der Waals surface area contributed by atoms with Crippen LogP contribution in [0.3, 0.4) is 0 Å². The molecule has 1 aromatic rings. The van der Waals surface area contributed by atoms with Crippen LogP contribution in [0.1, 0.15) is 75.7 Å². The SMILES string of the molecule is O=S(=O)(OC1CCCCC1)c1ccc(C2CCCCC2)cc1. The van der Waals surface area contributed by atoms with Crippen molar-refractivity contribution in [1.29, 1.82) is 0 Å². The summed E-state index contributed by atoms with van der Waals surface area (Å²) >= 11 is 0. The molecule has 4 heteroatoms. The van der Waals surface area contributed by atoms with Crippen molar-refractivity contribution in [3.8, 4) is 0 Å². The van der Waals surface area contributed by atoms with Crippen molar-refractivity contribution in [2.75, 3.05) is 0 Å². The number of benzene rings is 1. The number of hydrogen-bond acceptors (Lipinski definition) is 3. The summed E-state index contributed by atoms with van der Waals surface area (Å²) in [4.78, 5) is 0.303. The molecule has 122 valence electrons. The van der Waals surface area contributed by atoms with Gasteiger partial charge in [-0.2, -0.15) is 8.42 Å². The van der Waals surface area contributed by atoms with Crippen LogP contribution in [-0.4, -0.2) is 14.5 Å². The van der Waals surface area contributed by atoms with E-state index in [1.54, 1.807) is 12.1 Å². The summed E-state index contributed by atoms with van der Waals surface area (Å²) in [6.07, 6.45) is 11.3. The van der Waals surface area contributed by atoms with E-state index in [2.05, 4.69) is 0 Å². The first-order valence-electron chi connectivity index (χ1n) is 8.68. The van der Waals surface area contributed by atoms with Crippen LogP contribution in [0.4, 0.5) is 0 Å². The molecule has 2 saturated carbocycles. The standard InChI is InChI=1S/C18H26O3S/c19-22(20,21-17-9-5-2-6-10-17)18-13-11-16(12-14-18)15-7-3-1-4-8-15/h11-15,17H,1-10H2. The van der Waals surface area contributed by atoms with Gasteiger partial charge in [-0.3, -0.25) is 4.18 Å². The molecule has 0 bridgehead atoms. The van der Waals surface area contributed by atoms with Gasteiger partial charge in [0.25, 0.3) is 10.1 Å². The first kappa shape index (κ1) is 16.0. The molecule has 3 nitrogen and oxygen atoms in total. The van der Waals surface area contributed by atoms with Crippen molar-refractivity contribution >= 4 is 10.1 Å². The molecule has 0 N–H and O–H groups in total. The molecule has 0 unspecified atom stereocenters. The van der Waals surface area contributed by atoms with Gasteiger partial charge < -0.3 is 0 Å². The zero-order valence-electron chi connectivity index (χ0n) is 13.2. The molecule has 0 spiro atoms. The predicted octanol–water partition coefficient (Wildman–Crippen LogP) is 4.77. The van der Waals surface area contributed by atoms with Gasteiger partial charge in [0.2, 0.25) is 0 Å².